The summed E-state index contributed by atoms with van der Waals surface area (Å²) in [6.07, 6.45) is 3.52. The highest BCUT2D eigenvalue weighted by Crippen LogP contribution is 2.34. The first kappa shape index (κ1) is 11.5. The largest absolute Gasteiger partial charge is 0.327 e. The van der Waals surface area contributed by atoms with Crippen molar-refractivity contribution in [2.45, 2.75) is 37.6 Å². The molecule has 0 bridgehead atoms. The Hall–Kier alpha value is -1.03. The lowest BCUT2D eigenvalue weighted by molar-refractivity contribution is 0.364. The van der Waals surface area contributed by atoms with Crippen molar-refractivity contribution >= 4 is 0 Å². The van der Waals surface area contributed by atoms with Crippen LogP contribution >= 0.6 is 0 Å². The van der Waals surface area contributed by atoms with Gasteiger partial charge in [0.05, 0.1) is 0 Å². The summed E-state index contributed by atoms with van der Waals surface area (Å²) in [5.74, 6) is -3.81. The summed E-state index contributed by atoms with van der Waals surface area (Å²) >= 11 is 0. The maximum Gasteiger partial charge on any atom is 0.194 e. The van der Waals surface area contributed by atoms with Gasteiger partial charge in [0, 0.05) is 12.0 Å². The average molecular weight is 229 g/mol. The molecular formula is C12H14F3N. The summed E-state index contributed by atoms with van der Waals surface area (Å²) in [4.78, 5) is 0. The van der Waals surface area contributed by atoms with E-state index in [2.05, 4.69) is 0 Å². The Kier molecular flexibility index (Phi) is 3.19. The molecule has 16 heavy (non-hydrogen) atoms. The van der Waals surface area contributed by atoms with Gasteiger partial charge in [-0.25, -0.2) is 13.2 Å². The van der Waals surface area contributed by atoms with Crippen LogP contribution in [0.4, 0.5) is 13.2 Å². The molecule has 2 atom stereocenters. The Labute approximate surface area is 92.5 Å². The fourth-order valence-corrected chi connectivity index (χ4v) is 2.37. The van der Waals surface area contributed by atoms with Crippen molar-refractivity contribution in [1.29, 1.82) is 0 Å². The van der Waals surface area contributed by atoms with E-state index >= 15 is 0 Å². The van der Waals surface area contributed by atoms with Crippen molar-refractivity contribution in [3.8, 4) is 0 Å². The zero-order chi connectivity index (χ0) is 11.7. The summed E-state index contributed by atoms with van der Waals surface area (Å²) in [6.45, 7) is 0. The van der Waals surface area contributed by atoms with Gasteiger partial charge in [-0.05, 0) is 24.5 Å². The molecule has 2 unspecified atom stereocenters. The van der Waals surface area contributed by atoms with Crippen LogP contribution in [0.15, 0.2) is 12.1 Å². The molecule has 1 fully saturated rings. The van der Waals surface area contributed by atoms with Crippen LogP contribution in [0.25, 0.3) is 0 Å². The molecule has 1 saturated carbocycles. The Balaban J connectivity index is 2.36. The first-order valence-electron chi connectivity index (χ1n) is 5.50. The predicted octanol–water partition coefficient (Wildman–Crippen LogP) is 3.09. The van der Waals surface area contributed by atoms with E-state index in [0.717, 1.165) is 31.7 Å². The van der Waals surface area contributed by atoms with Crippen LogP contribution in [-0.2, 0) is 0 Å². The topological polar surface area (TPSA) is 26.0 Å². The van der Waals surface area contributed by atoms with E-state index in [9.17, 15) is 13.2 Å². The summed E-state index contributed by atoms with van der Waals surface area (Å²) in [5.41, 5.74) is 6.10. The minimum atomic E-state index is -1.39. The number of hydrogen-bond acceptors (Lipinski definition) is 1. The fourth-order valence-electron chi connectivity index (χ4n) is 2.37. The third-order valence-corrected chi connectivity index (χ3v) is 3.28. The van der Waals surface area contributed by atoms with E-state index < -0.39 is 17.5 Å². The van der Waals surface area contributed by atoms with Gasteiger partial charge in [0.1, 0.15) is 0 Å². The Morgan fingerprint density at radius 2 is 1.69 bits per heavy atom. The van der Waals surface area contributed by atoms with Gasteiger partial charge in [-0.3, -0.25) is 0 Å². The van der Waals surface area contributed by atoms with Gasteiger partial charge in [0.15, 0.2) is 17.5 Å². The summed E-state index contributed by atoms with van der Waals surface area (Å²) in [5, 5.41) is 0. The second-order valence-corrected chi connectivity index (χ2v) is 4.32. The van der Waals surface area contributed by atoms with Gasteiger partial charge in [-0.1, -0.05) is 18.9 Å². The van der Waals surface area contributed by atoms with Crippen molar-refractivity contribution < 1.29 is 13.2 Å². The van der Waals surface area contributed by atoms with E-state index in [1.807, 2.05) is 0 Å². The molecule has 0 saturated heterocycles. The molecule has 88 valence electrons. The minimum absolute atomic E-state index is 0.159. The monoisotopic (exact) mass is 229 g/mol. The van der Waals surface area contributed by atoms with Gasteiger partial charge < -0.3 is 5.73 Å². The second-order valence-electron chi connectivity index (χ2n) is 4.32. The maximum atomic E-state index is 13.5. The minimum Gasteiger partial charge on any atom is -0.327 e. The number of rotatable bonds is 1. The van der Waals surface area contributed by atoms with Crippen LogP contribution in [0.5, 0.6) is 0 Å². The fraction of sp³-hybridized carbons (Fsp3) is 0.500. The predicted molar refractivity (Wildman–Crippen MR) is 55.5 cm³/mol. The quantitative estimate of drug-likeness (QED) is 0.736. The van der Waals surface area contributed by atoms with Crippen molar-refractivity contribution in [2.75, 3.05) is 0 Å². The average Bonchev–Trinajstić information content (AvgIpc) is 2.28. The molecule has 0 radical (unpaired) electrons. The normalized spacial score (nSPS) is 25.8. The molecule has 0 amide bonds. The summed E-state index contributed by atoms with van der Waals surface area (Å²) in [7, 11) is 0. The van der Waals surface area contributed by atoms with Crippen LogP contribution in [0, 0.1) is 17.5 Å². The van der Waals surface area contributed by atoms with Crippen LogP contribution in [0.2, 0.25) is 0 Å². The van der Waals surface area contributed by atoms with Crippen LogP contribution in [0.3, 0.4) is 0 Å². The lowest BCUT2D eigenvalue weighted by atomic mass is 9.80. The van der Waals surface area contributed by atoms with Gasteiger partial charge >= 0.3 is 0 Å². The first-order valence-corrected chi connectivity index (χ1v) is 5.50. The Morgan fingerprint density at radius 1 is 1.00 bits per heavy atom. The molecule has 4 heteroatoms. The Morgan fingerprint density at radius 3 is 2.38 bits per heavy atom. The second kappa shape index (κ2) is 4.45. The maximum absolute atomic E-state index is 13.5. The lowest BCUT2D eigenvalue weighted by Crippen LogP contribution is -2.32. The molecular weight excluding hydrogens is 215 g/mol. The van der Waals surface area contributed by atoms with Crippen molar-refractivity contribution in [2.24, 2.45) is 5.73 Å². The van der Waals surface area contributed by atoms with Gasteiger partial charge in [-0.2, -0.15) is 0 Å². The molecule has 2 N–H and O–H groups in total. The molecule has 0 aromatic heterocycles. The van der Waals surface area contributed by atoms with E-state index in [4.69, 9.17) is 5.73 Å². The van der Waals surface area contributed by atoms with Gasteiger partial charge in [0.25, 0.3) is 0 Å². The molecule has 0 aliphatic heterocycles. The molecule has 1 aliphatic carbocycles. The van der Waals surface area contributed by atoms with Crippen molar-refractivity contribution in [3.05, 3.63) is 35.1 Å². The van der Waals surface area contributed by atoms with Crippen LogP contribution in [-0.4, -0.2) is 6.04 Å². The van der Waals surface area contributed by atoms with Gasteiger partial charge in [-0.15, -0.1) is 0 Å². The highest BCUT2D eigenvalue weighted by Gasteiger charge is 2.27. The van der Waals surface area contributed by atoms with Crippen molar-refractivity contribution in [3.63, 3.8) is 0 Å². The lowest BCUT2D eigenvalue weighted by Gasteiger charge is -2.29. The molecule has 1 aromatic rings. The van der Waals surface area contributed by atoms with E-state index in [1.54, 1.807) is 0 Å². The molecule has 1 aliphatic rings. The highest BCUT2D eigenvalue weighted by molar-refractivity contribution is 5.25. The zero-order valence-corrected chi connectivity index (χ0v) is 8.85. The van der Waals surface area contributed by atoms with E-state index in [-0.39, 0.29) is 17.5 Å². The molecule has 0 spiro atoms. The van der Waals surface area contributed by atoms with Crippen LogP contribution < -0.4 is 5.73 Å². The number of halogens is 3. The Bertz CT molecular complexity index is 392. The zero-order valence-electron chi connectivity index (χ0n) is 8.85. The standard InChI is InChI=1S/C12H14F3N/c13-9-6-5-8(11(14)12(9)15)7-3-1-2-4-10(7)16/h5-7,10H,1-4,16H2. The molecule has 0 heterocycles. The summed E-state index contributed by atoms with van der Waals surface area (Å²) < 4.78 is 39.4. The number of hydrogen-bond donors (Lipinski definition) is 1. The smallest absolute Gasteiger partial charge is 0.194 e. The first-order chi connectivity index (χ1) is 7.61. The van der Waals surface area contributed by atoms with Crippen LogP contribution in [0.1, 0.15) is 37.2 Å². The number of nitrogens with two attached hydrogens (primary N) is 1. The molecule has 1 aromatic carbocycles. The SMILES string of the molecule is NC1CCCCC1c1ccc(F)c(F)c1F. The van der Waals surface area contributed by atoms with E-state index in [1.165, 1.54) is 6.07 Å². The van der Waals surface area contributed by atoms with Crippen molar-refractivity contribution in [1.82, 2.24) is 0 Å². The highest BCUT2D eigenvalue weighted by atomic mass is 19.2. The molecule has 2 rings (SSSR count). The third kappa shape index (κ3) is 1.94. The van der Waals surface area contributed by atoms with Gasteiger partial charge in [0.2, 0.25) is 0 Å². The number of benzene rings is 1. The summed E-state index contributed by atoms with van der Waals surface area (Å²) in [6, 6.07) is 2.12. The molecule has 1 nitrogen and oxygen atoms in total. The third-order valence-electron chi connectivity index (χ3n) is 3.28. The van der Waals surface area contributed by atoms with E-state index in [0.29, 0.717) is 0 Å².